The summed E-state index contributed by atoms with van der Waals surface area (Å²) in [6, 6.07) is 0. The van der Waals surface area contributed by atoms with Crippen LogP contribution in [0, 0.1) is 5.41 Å². The Morgan fingerprint density at radius 1 is 1.17 bits per heavy atom. The first kappa shape index (κ1) is 18.6. The summed E-state index contributed by atoms with van der Waals surface area (Å²) in [7, 11) is 0. The lowest BCUT2D eigenvalue weighted by molar-refractivity contribution is -0.138. The van der Waals surface area contributed by atoms with Gasteiger partial charge in [-0.2, -0.15) is 0 Å². The summed E-state index contributed by atoms with van der Waals surface area (Å²) in [5.74, 6) is 1.73. The summed E-state index contributed by atoms with van der Waals surface area (Å²) >= 11 is 0. The number of nitrogens with one attached hydrogen (secondary N) is 1. The lowest BCUT2D eigenvalue weighted by Gasteiger charge is -2.52. The van der Waals surface area contributed by atoms with Gasteiger partial charge in [0.25, 0.3) is 0 Å². The lowest BCUT2D eigenvalue weighted by Crippen LogP contribution is -2.44. The van der Waals surface area contributed by atoms with Gasteiger partial charge in [0.1, 0.15) is 17.3 Å². The van der Waals surface area contributed by atoms with Crippen molar-refractivity contribution < 1.29 is 9.90 Å². The fraction of sp³-hybridized carbons (Fsp3) is 0.714. The van der Waals surface area contributed by atoms with Crippen molar-refractivity contribution in [1.82, 2.24) is 19.1 Å². The van der Waals surface area contributed by atoms with E-state index < -0.39 is 5.97 Å². The van der Waals surface area contributed by atoms with Crippen molar-refractivity contribution in [2.75, 3.05) is 11.9 Å². The molecular weight excluding hydrogens is 370 g/mol. The second-order valence-electron chi connectivity index (χ2n) is 9.25. The summed E-state index contributed by atoms with van der Waals surface area (Å²) in [5, 5.41) is 12.4. The van der Waals surface area contributed by atoms with Crippen molar-refractivity contribution >= 4 is 11.8 Å². The van der Waals surface area contributed by atoms with Crippen LogP contribution in [0.15, 0.2) is 4.79 Å². The number of hydrogen-bond donors (Lipinski definition) is 2. The fourth-order valence-electron chi connectivity index (χ4n) is 5.82. The molecule has 0 radical (unpaired) electrons. The van der Waals surface area contributed by atoms with Gasteiger partial charge in [0.2, 0.25) is 0 Å². The van der Waals surface area contributed by atoms with E-state index in [1.165, 1.54) is 0 Å². The van der Waals surface area contributed by atoms with Crippen LogP contribution in [0.25, 0.3) is 11.5 Å². The van der Waals surface area contributed by atoms with Gasteiger partial charge in [0.05, 0.1) is 0 Å². The maximum absolute atomic E-state index is 12.9. The Morgan fingerprint density at radius 2 is 1.90 bits per heavy atom. The number of rotatable bonds is 6. The van der Waals surface area contributed by atoms with Crippen molar-refractivity contribution in [2.45, 2.75) is 83.2 Å². The normalized spacial score (nSPS) is 27.9. The molecule has 29 heavy (non-hydrogen) atoms. The summed E-state index contributed by atoms with van der Waals surface area (Å²) in [4.78, 5) is 34.0. The Morgan fingerprint density at radius 3 is 2.55 bits per heavy atom. The van der Waals surface area contributed by atoms with E-state index in [1.54, 1.807) is 9.13 Å². The maximum Gasteiger partial charge on any atom is 0.331 e. The fourth-order valence-corrected chi connectivity index (χ4v) is 5.82. The molecule has 0 amide bonds. The quantitative estimate of drug-likeness (QED) is 0.774. The predicted octanol–water partition coefficient (Wildman–Crippen LogP) is 2.84. The van der Waals surface area contributed by atoms with Crippen LogP contribution >= 0.6 is 0 Å². The Balaban J connectivity index is 1.51. The van der Waals surface area contributed by atoms with Gasteiger partial charge >= 0.3 is 11.7 Å². The van der Waals surface area contributed by atoms with Gasteiger partial charge in [0.15, 0.2) is 5.82 Å². The van der Waals surface area contributed by atoms with E-state index in [4.69, 9.17) is 15.1 Å². The molecule has 2 N–H and O–H groups in total. The molecule has 3 heterocycles. The second-order valence-corrected chi connectivity index (χ2v) is 9.25. The van der Waals surface area contributed by atoms with Crippen LogP contribution in [0.4, 0.5) is 5.82 Å². The topological polar surface area (TPSA) is 102 Å². The third-order valence-corrected chi connectivity index (χ3v) is 7.67. The first-order valence-corrected chi connectivity index (χ1v) is 10.9. The first-order valence-electron chi connectivity index (χ1n) is 10.9. The molecule has 0 unspecified atom stereocenters. The van der Waals surface area contributed by atoms with Gasteiger partial charge in [-0.3, -0.25) is 13.9 Å². The molecule has 2 bridgehead atoms. The van der Waals surface area contributed by atoms with Crippen LogP contribution in [0.5, 0.6) is 0 Å². The van der Waals surface area contributed by atoms with E-state index in [9.17, 15) is 9.59 Å². The third-order valence-electron chi connectivity index (χ3n) is 7.67. The van der Waals surface area contributed by atoms with Gasteiger partial charge in [0, 0.05) is 31.5 Å². The molecule has 0 saturated heterocycles. The van der Waals surface area contributed by atoms with Crippen LogP contribution in [-0.2, 0) is 23.3 Å². The highest BCUT2D eigenvalue weighted by Gasteiger charge is 2.51. The number of carboxylic acids is 1. The molecule has 3 fully saturated rings. The van der Waals surface area contributed by atoms with Crippen molar-refractivity contribution in [2.24, 2.45) is 5.41 Å². The molecule has 156 valence electrons. The predicted molar refractivity (Wildman–Crippen MR) is 108 cm³/mol. The lowest BCUT2D eigenvalue weighted by atomic mass is 9.52. The van der Waals surface area contributed by atoms with Gasteiger partial charge in [-0.05, 0) is 56.8 Å². The molecule has 8 heteroatoms. The van der Waals surface area contributed by atoms with E-state index in [2.05, 4.69) is 12.2 Å². The number of carboxylic acid groups (broad SMARTS) is 1. The zero-order valence-corrected chi connectivity index (χ0v) is 17.0. The minimum absolute atomic E-state index is 0.00303. The van der Waals surface area contributed by atoms with Crippen molar-refractivity contribution in [3.63, 3.8) is 0 Å². The van der Waals surface area contributed by atoms with Crippen LogP contribution in [0.3, 0.4) is 0 Å². The average Bonchev–Trinajstić information content (AvgIpc) is 3.39. The highest BCUT2D eigenvalue weighted by molar-refractivity contribution is 5.69. The summed E-state index contributed by atoms with van der Waals surface area (Å²) in [6.07, 6.45) is 8.14. The zero-order valence-electron chi connectivity index (χ0n) is 17.0. The number of carbonyl (C=O) groups is 1. The molecule has 0 aromatic heterocycles. The number of fused-ring (bicyclic) bond motifs is 6. The summed E-state index contributed by atoms with van der Waals surface area (Å²) in [5.41, 5.74) is 0.999. The highest BCUT2D eigenvalue weighted by Crippen LogP contribution is 2.59. The van der Waals surface area contributed by atoms with E-state index in [1.807, 2.05) is 0 Å². The van der Waals surface area contributed by atoms with Crippen LogP contribution in [-0.4, -0.2) is 36.7 Å². The number of imidazole rings is 1. The molecule has 8 nitrogen and oxygen atoms in total. The van der Waals surface area contributed by atoms with Crippen molar-refractivity contribution in [3.05, 3.63) is 16.3 Å². The van der Waals surface area contributed by atoms with Crippen molar-refractivity contribution in [1.29, 1.82) is 0 Å². The largest absolute Gasteiger partial charge is 0.481 e. The van der Waals surface area contributed by atoms with Gasteiger partial charge < -0.3 is 10.4 Å². The molecular formula is C21H29N5O3. The Labute approximate surface area is 169 Å². The molecule has 0 atom stereocenters. The molecule has 3 aliphatic carbocycles. The number of aromatic nitrogens is 4. The zero-order chi connectivity index (χ0) is 20.2. The number of aliphatic carboxylic acids is 1. The van der Waals surface area contributed by atoms with E-state index >= 15 is 0 Å². The SMILES string of the molecule is CCCn1c2nc(C34CCC(CCC(=O)O)(CC3)CC4)nc-2c2n(c1=O)CCN2. The highest BCUT2D eigenvalue weighted by atomic mass is 16.4. The van der Waals surface area contributed by atoms with Crippen molar-refractivity contribution in [3.8, 4) is 11.5 Å². The average molecular weight is 399 g/mol. The van der Waals surface area contributed by atoms with E-state index in [0.717, 1.165) is 81.1 Å². The smallest absolute Gasteiger partial charge is 0.331 e. The molecule has 6 aliphatic rings. The number of hydrogen-bond acceptors (Lipinski definition) is 5. The minimum Gasteiger partial charge on any atom is -0.481 e. The monoisotopic (exact) mass is 399 g/mol. The molecule has 6 rings (SSSR count). The number of nitrogens with zero attached hydrogens (tertiary/aromatic N) is 4. The molecule has 0 spiro atoms. The van der Waals surface area contributed by atoms with Gasteiger partial charge in [-0.25, -0.2) is 14.8 Å². The molecule has 0 aromatic rings. The molecule has 3 aliphatic heterocycles. The van der Waals surface area contributed by atoms with Crippen LogP contribution in [0.1, 0.15) is 70.5 Å². The molecule has 0 aromatic carbocycles. The Bertz CT molecular complexity index is 966. The Kier molecular flexibility index (Phi) is 4.22. The minimum atomic E-state index is -0.694. The first-order chi connectivity index (χ1) is 14.0. The third kappa shape index (κ3) is 2.79. The van der Waals surface area contributed by atoms with E-state index in [-0.39, 0.29) is 22.9 Å². The second kappa shape index (κ2) is 6.57. The Hall–Kier alpha value is -2.38. The summed E-state index contributed by atoms with van der Waals surface area (Å²) in [6.45, 7) is 4.15. The van der Waals surface area contributed by atoms with Gasteiger partial charge in [-0.1, -0.05) is 6.92 Å². The maximum atomic E-state index is 12.9. The van der Waals surface area contributed by atoms with Crippen LogP contribution < -0.4 is 11.0 Å². The molecule has 3 saturated carbocycles. The number of anilines is 1. The van der Waals surface area contributed by atoms with E-state index in [0.29, 0.717) is 13.1 Å². The standard InChI is InChI=1S/C21H29N5O3/c1-2-12-25-17-15(16-22-11-13-26(16)19(25)29)23-18(24-17)21-8-5-20(6-9-21,7-10-21)4-3-14(27)28/h22H,2-13H2,1H3,(H,27,28). The van der Waals surface area contributed by atoms with Crippen LogP contribution in [0.2, 0.25) is 0 Å². The summed E-state index contributed by atoms with van der Waals surface area (Å²) < 4.78 is 3.59. The van der Waals surface area contributed by atoms with Gasteiger partial charge in [-0.15, -0.1) is 0 Å².